The average Bonchev–Trinajstić information content (AvgIpc) is 2.31. The highest BCUT2D eigenvalue weighted by molar-refractivity contribution is 7.85. The summed E-state index contributed by atoms with van der Waals surface area (Å²) in [6.07, 6.45) is 3.06. The lowest BCUT2D eigenvalue weighted by Gasteiger charge is -2.00. The minimum absolute atomic E-state index is 0.236. The molecule has 0 unspecified atom stereocenters. The molecule has 6 heteroatoms. The number of aryl methyl sites for hydroxylation is 1. The number of aromatic nitrogens is 2. The van der Waals surface area contributed by atoms with E-state index in [1.807, 2.05) is 6.92 Å². The molecule has 0 aliphatic rings. The quantitative estimate of drug-likeness (QED) is 0.662. The second-order valence-corrected chi connectivity index (χ2v) is 3.68. The van der Waals surface area contributed by atoms with Crippen molar-refractivity contribution in [2.45, 2.75) is 19.2 Å². The topological polar surface area (TPSA) is 52.0 Å². The van der Waals surface area contributed by atoms with Gasteiger partial charge in [0.05, 0.1) is 0 Å². The van der Waals surface area contributed by atoms with Crippen LogP contribution < -0.4 is 0 Å². The predicted molar refractivity (Wildman–Crippen MR) is 41.6 cm³/mol. The smallest absolute Gasteiger partial charge is 0.309 e. The normalized spacial score (nSPS) is 11.8. The van der Waals surface area contributed by atoms with Crippen molar-refractivity contribution in [3.05, 3.63) is 18.2 Å². The minimum atomic E-state index is -4.46. The first-order chi connectivity index (χ1) is 5.53. The summed E-state index contributed by atoms with van der Waals surface area (Å²) in [7, 11) is -4.46. The lowest BCUT2D eigenvalue weighted by Crippen LogP contribution is -2.05. The van der Waals surface area contributed by atoms with Gasteiger partial charge in [-0.25, -0.2) is 4.98 Å². The fraction of sp³-hybridized carbons (Fsp3) is 0.500. The Balaban J connectivity index is 2.89. The Morgan fingerprint density at radius 3 is 2.83 bits per heavy atom. The third kappa shape index (κ3) is 2.30. The van der Waals surface area contributed by atoms with Crippen molar-refractivity contribution in [1.29, 1.82) is 0 Å². The van der Waals surface area contributed by atoms with Crippen molar-refractivity contribution in [3.8, 4) is 0 Å². The van der Waals surface area contributed by atoms with E-state index in [4.69, 9.17) is 0 Å². The maximum absolute atomic E-state index is 12.2. The van der Waals surface area contributed by atoms with E-state index in [0.717, 1.165) is 0 Å². The summed E-state index contributed by atoms with van der Waals surface area (Å²) in [5.74, 6) is -0.409. The average molecular weight is 192 g/mol. The van der Waals surface area contributed by atoms with Gasteiger partial charge in [-0.1, -0.05) is 0 Å². The van der Waals surface area contributed by atoms with E-state index in [0.29, 0.717) is 6.54 Å². The Hall–Kier alpha value is -0.910. The van der Waals surface area contributed by atoms with Gasteiger partial charge < -0.3 is 4.57 Å². The molecule has 1 rings (SSSR count). The molecule has 4 nitrogen and oxygen atoms in total. The van der Waals surface area contributed by atoms with E-state index in [1.54, 1.807) is 10.8 Å². The molecule has 0 spiro atoms. The Kier molecular flexibility index (Phi) is 2.46. The van der Waals surface area contributed by atoms with Crippen molar-refractivity contribution >= 4 is 10.2 Å². The van der Waals surface area contributed by atoms with Gasteiger partial charge >= 0.3 is 10.2 Å². The van der Waals surface area contributed by atoms with E-state index in [2.05, 4.69) is 4.98 Å². The second kappa shape index (κ2) is 3.22. The number of rotatable bonds is 3. The van der Waals surface area contributed by atoms with Crippen LogP contribution in [0.25, 0.3) is 0 Å². The molecule has 0 atom stereocenters. The molecule has 12 heavy (non-hydrogen) atoms. The van der Waals surface area contributed by atoms with E-state index < -0.39 is 16.0 Å². The first-order valence-electron chi connectivity index (χ1n) is 3.45. The Labute approximate surface area is 70.3 Å². The maximum Gasteiger partial charge on any atom is 0.309 e. The van der Waals surface area contributed by atoms with E-state index in [9.17, 15) is 12.3 Å². The third-order valence-corrected chi connectivity index (χ3v) is 2.05. The van der Waals surface area contributed by atoms with Crippen LogP contribution in [0.5, 0.6) is 0 Å². The first-order valence-corrected chi connectivity index (χ1v) is 5.00. The summed E-state index contributed by atoms with van der Waals surface area (Å²) in [6.45, 7) is 2.42. The van der Waals surface area contributed by atoms with E-state index in [1.165, 1.54) is 6.20 Å². The second-order valence-electron chi connectivity index (χ2n) is 2.31. The van der Waals surface area contributed by atoms with E-state index >= 15 is 0 Å². The van der Waals surface area contributed by atoms with Gasteiger partial charge in [0.2, 0.25) is 0 Å². The molecule has 0 aliphatic heterocycles. The molecule has 68 valence electrons. The molecule has 1 aromatic rings. The van der Waals surface area contributed by atoms with Crippen LogP contribution in [-0.4, -0.2) is 18.0 Å². The van der Waals surface area contributed by atoms with Gasteiger partial charge in [-0.05, 0) is 6.92 Å². The van der Waals surface area contributed by atoms with Gasteiger partial charge in [0.25, 0.3) is 0 Å². The standard InChI is InChI=1S/C6H9FN2O2S/c1-2-9-4-3-8-6(9)5-12(7,10)11/h3-4H,2,5H2,1H3. The van der Waals surface area contributed by atoms with E-state index in [-0.39, 0.29) is 5.82 Å². The summed E-state index contributed by atoms with van der Waals surface area (Å²) in [6, 6.07) is 0. The van der Waals surface area contributed by atoms with Crippen LogP contribution in [0, 0.1) is 0 Å². The summed E-state index contributed by atoms with van der Waals surface area (Å²) >= 11 is 0. The third-order valence-electron chi connectivity index (χ3n) is 1.44. The number of hydrogen-bond acceptors (Lipinski definition) is 3. The Morgan fingerprint density at radius 1 is 1.67 bits per heavy atom. The van der Waals surface area contributed by atoms with Crippen LogP contribution in [0.1, 0.15) is 12.7 Å². The molecular weight excluding hydrogens is 183 g/mol. The minimum Gasteiger partial charge on any atom is -0.334 e. The molecule has 0 amide bonds. The van der Waals surface area contributed by atoms with Gasteiger partial charge in [-0.2, -0.15) is 8.42 Å². The highest BCUT2D eigenvalue weighted by Crippen LogP contribution is 2.04. The van der Waals surface area contributed by atoms with Gasteiger partial charge in [-0.15, -0.1) is 3.89 Å². The molecule has 0 saturated heterocycles. The highest BCUT2D eigenvalue weighted by Gasteiger charge is 2.12. The fourth-order valence-electron chi connectivity index (χ4n) is 0.922. The highest BCUT2D eigenvalue weighted by atomic mass is 32.3. The Morgan fingerprint density at radius 2 is 2.33 bits per heavy atom. The monoisotopic (exact) mass is 192 g/mol. The molecule has 0 bridgehead atoms. The van der Waals surface area contributed by atoms with Gasteiger partial charge in [0, 0.05) is 18.9 Å². The number of nitrogens with zero attached hydrogens (tertiary/aromatic N) is 2. The summed E-state index contributed by atoms with van der Waals surface area (Å²) in [5.41, 5.74) is 0. The number of hydrogen-bond donors (Lipinski definition) is 0. The summed E-state index contributed by atoms with van der Waals surface area (Å²) in [4.78, 5) is 3.72. The molecule has 1 heterocycles. The molecular formula is C6H9FN2O2S. The fourth-order valence-corrected chi connectivity index (χ4v) is 1.47. The van der Waals surface area contributed by atoms with Crippen LogP contribution in [-0.2, 0) is 22.5 Å². The van der Waals surface area contributed by atoms with Crippen LogP contribution in [0.2, 0.25) is 0 Å². The van der Waals surface area contributed by atoms with Crippen molar-refractivity contribution in [1.82, 2.24) is 9.55 Å². The van der Waals surface area contributed by atoms with Crippen molar-refractivity contribution in [2.75, 3.05) is 0 Å². The van der Waals surface area contributed by atoms with Gasteiger partial charge in [-0.3, -0.25) is 0 Å². The van der Waals surface area contributed by atoms with Crippen molar-refractivity contribution in [2.24, 2.45) is 0 Å². The lowest BCUT2D eigenvalue weighted by molar-refractivity contribution is 0.547. The van der Waals surface area contributed by atoms with Crippen LogP contribution in [0.4, 0.5) is 3.89 Å². The van der Waals surface area contributed by atoms with Crippen LogP contribution >= 0.6 is 0 Å². The summed E-state index contributed by atoms with van der Waals surface area (Å²) in [5, 5.41) is 0. The Bertz CT molecular complexity index is 357. The first kappa shape index (κ1) is 9.18. The maximum atomic E-state index is 12.2. The van der Waals surface area contributed by atoms with Crippen LogP contribution in [0.3, 0.4) is 0 Å². The molecule has 0 aromatic carbocycles. The number of halogens is 1. The molecule has 0 aliphatic carbocycles. The zero-order valence-electron chi connectivity index (χ0n) is 6.57. The molecule has 0 N–H and O–H groups in total. The van der Waals surface area contributed by atoms with Gasteiger partial charge in [0.1, 0.15) is 11.6 Å². The molecule has 0 radical (unpaired) electrons. The predicted octanol–water partition coefficient (Wildman–Crippen LogP) is 0.702. The lowest BCUT2D eigenvalue weighted by atomic mass is 10.6. The summed E-state index contributed by atoms with van der Waals surface area (Å²) < 4.78 is 34.3. The molecule has 1 aromatic heterocycles. The van der Waals surface area contributed by atoms with Crippen LogP contribution in [0.15, 0.2) is 12.4 Å². The zero-order chi connectivity index (χ0) is 9.19. The largest absolute Gasteiger partial charge is 0.334 e. The number of imidazole rings is 1. The van der Waals surface area contributed by atoms with Crippen molar-refractivity contribution in [3.63, 3.8) is 0 Å². The van der Waals surface area contributed by atoms with Gasteiger partial charge in [0.15, 0.2) is 0 Å². The molecule has 0 saturated carbocycles. The van der Waals surface area contributed by atoms with Crippen molar-refractivity contribution < 1.29 is 12.3 Å². The SMILES string of the molecule is CCn1ccnc1CS(=O)(=O)F. The molecule has 0 fully saturated rings. The zero-order valence-corrected chi connectivity index (χ0v) is 7.38.